The number of halogens is 4. The van der Waals surface area contributed by atoms with E-state index in [-0.39, 0.29) is 5.56 Å². The quantitative estimate of drug-likeness (QED) is 0.825. The predicted molar refractivity (Wildman–Crippen MR) is 53.4 cm³/mol. The van der Waals surface area contributed by atoms with Gasteiger partial charge < -0.3 is 10.2 Å². The normalized spacial score (nSPS) is 15.2. The number of rotatable bonds is 3. The van der Waals surface area contributed by atoms with Crippen molar-refractivity contribution >= 4 is 5.97 Å². The van der Waals surface area contributed by atoms with Crippen LogP contribution in [0.4, 0.5) is 17.6 Å². The molecule has 3 nitrogen and oxygen atoms in total. The Bertz CT molecular complexity index is 466. The zero-order valence-electron chi connectivity index (χ0n) is 9.25. The van der Waals surface area contributed by atoms with Gasteiger partial charge in [0, 0.05) is 6.42 Å². The second-order valence-corrected chi connectivity index (χ2v) is 4.10. The van der Waals surface area contributed by atoms with Crippen molar-refractivity contribution in [3.05, 3.63) is 35.1 Å². The lowest BCUT2D eigenvalue weighted by atomic mass is 9.95. The van der Waals surface area contributed by atoms with Crippen LogP contribution in [-0.4, -0.2) is 21.8 Å². The summed E-state index contributed by atoms with van der Waals surface area (Å²) in [5.41, 5.74) is -3.72. The number of alkyl halides is 3. The Morgan fingerprint density at radius 2 is 1.83 bits per heavy atom. The van der Waals surface area contributed by atoms with Crippen molar-refractivity contribution in [3.63, 3.8) is 0 Å². The minimum atomic E-state index is -4.73. The lowest BCUT2D eigenvalue weighted by Crippen LogP contribution is -2.37. The highest BCUT2D eigenvalue weighted by Crippen LogP contribution is 2.31. The van der Waals surface area contributed by atoms with Gasteiger partial charge in [0.2, 0.25) is 0 Å². The molecule has 0 saturated heterocycles. The molecule has 0 radical (unpaired) electrons. The van der Waals surface area contributed by atoms with Crippen molar-refractivity contribution < 1.29 is 32.6 Å². The Balaban J connectivity index is 3.12. The van der Waals surface area contributed by atoms with E-state index in [1.54, 1.807) is 0 Å². The van der Waals surface area contributed by atoms with Crippen LogP contribution in [0.3, 0.4) is 0 Å². The molecule has 7 heteroatoms. The van der Waals surface area contributed by atoms with E-state index in [0.29, 0.717) is 12.1 Å². The predicted octanol–water partition coefficient (Wildman–Crippen LogP) is 2.22. The molecule has 0 heterocycles. The van der Waals surface area contributed by atoms with E-state index < -0.39 is 35.5 Å². The van der Waals surface area contributed by atoms with Gasteiger partial charge in [0.1, 0.15) is 5.82 Å². The first-order valence-corrected chi connectivity index (χ1v) is 4.85. The molecule has 0 aromatic heterocycles. The molecule has 100 valence electrons. The van der Waals surface area contributed by atoms with Crippen LogP contribution in [0.5, 0.6) is 0 Å². The van der Waals surface area contributed by atoms with Crippen LogP contribution in [-0.2, 0) is 17.4 Å². The molecule has 0 aliphatic rings. The Labute approximate surface area is 99.7 Å². The molecule has 0 spiro atoms. The largest absolute Gasteiger partial charge is 0.479 e. The number of carboxylic acids is 1. The zero-order chi connectivity index (χ0) is 14.1. The molecular weight excluding hydrogens is 256 g/mol. The fourth-order valence-corrected chi connectivity index (χ4v) is 1.39. The number of carboxylic acid groups (broad SMARTS) is 1. The molecule has 0 aliphatic heterocycles. The Morgan fingerprint density at radius 3 is 2.28 bits per heavy atom. The highest BCUT2D eigenvalue weighted by Gasteiger charge is 2.34. The molecule has 0 aliphatic carbocycles. The average molecular weight is 266 g/mol. The van der Waals surface area contributed by atoms with Crippen LogP contribution in [0, 0.1) is 5.82 Å². The third-order valence-electron chi connectivity index (χ3n) is 2.29. The van der Waals surface area contributed by atoms with Gasteiger partial charge in [0.15, 0.2) is 5.60 Å². The third-order valence-corrected chi connectivity index (χ3v) is 2.29. The first-order chi connectivity index (χ1) is 8.02. The standard InChI is InChI=1S/C11H10F4O3/c1-10(18,9(16)17)5-6-2-7(11(13,14)15)4-8(12)3-6/h2-4,18H,5H2,1H3,(H,16,17). The van der Waals surface area contributed by atoms with Gasteiger partial charge in [-0.25, -0.2) is 9.18 Å². The smallest absolute Gasteiger partial charge is 0.416 e. The summed E-state index contributed by atoms with van der Waals surface area (Å²) in [4.78, 5) is 10.6. The molecule has 18 heavy (non-hydrogen) atoms. The number of aliphatic hydroxyl groups is 1. The minimum Gasteiger partial charge on any atom is -0.479 e. The van der Waals surface area contributed by atoms with Gasteiger partial charge in [-0.1, -0.05) is 0 Å². The maximum atomic E-state index is 13.0. The van der Waals surface area contributed by atoms with Crippen LogP contribution < -0.4 is 0 Å². The number of hydrogen-bond acceptors (Lipinski definition) is 2. The molecule has 2 N–H and O–H groups in total. The molecule has 0 bridgehead atoms. The molecule has 1 rings (SSSR count). The second-order valence-electron chi connectivity index (χ2n) is 4.10. The van der Waals surface area contributed by atoms with Gasteiger partial charge in [-0.15, -0.1) is 0 Å². The Morgan fingerprint density at radius 1 is 1.28 bits per heavy atom. The number of hydrogen-bond donors (Lipinski definition) is 2. The maximum absolute atomic E-state index is 13.0. The van der Waals surface area contributed by atoms with Crippen LogP contribution in [0.1, 0.15) is 18.1 Å². The van der Waals surface area contributed by atoms with E-state index in [1.807, 2.05) is 0 Å². The summed E-state index contributed by atoms with van der Waals surface area (Å²) < 4.78 is 50.2. The van der Waals surface area contributed by atoms with Crippen molar-refractivity contribution in [1.29, 1.82) is 0 Å². The summed E-state index contributed by atoms with van der Waals surface area (Å²) in [5.74, 6) is -2.73. The lowest BCUT2D eigenvalue weighted by molar-refractivity contribution is -0.156. The summed E-state index contributed by atoms with van der Waals surface area (Å²) >= 11 is 0. The third kappa shape index (κ3) is 3.43. The highest BCUT2D eigenvalue weighted by atomic mass is 19.4. The maximum Gasteiger partial charge on any atom is 0.416 e. The van der Waals surface area contributed by atoms with Gasteiger partial charge in [-0.05, 0) is 30.7 Å². The number of benzene rings is 1. The van der Waals surface area contributed by atoms with Crippen LogP contribution >= 0.6 is 0 Å². The number of carbonyl (C=O) groups is 1. The van der Waals surface area contributed by atoms with E-state index in [9.17, 15) is 27.5 Å². The fraction of sp³-hybridized carbons (Fsp3) is 0.364. The second kappa shape index (κ2) is 4.56. The molecule has 1 aromatic rings. The van der Waals surface area contributed by atoms with Crippen molar-refractivity contribution in [2.45, 2.75) is 25.1 Å². The minimum absolute atomic E-state index is 0.241. The van der Waals surface area contributed by atoms with E-state index in [1.165, 1.54) is 0 Å². The topological polar surface area (TPSA) is 57.5 Å². The summed E-state index contributed by atoms with van der Waals surface area (Å²) in [6.45, 7) is 0.924. The summed E-state index contributed by atoms with van der Waals surface area (Å²) in [5, 5.41) is 18.1. The zero-order valence-corrected chi connectivity index (χ0v) is 9.25. The van der Waals surface area contributed by atoms with Crippen LogP contribution in [0.2, 0.25) is 0 Å². The molecular formula is C11H10F4O3. The van der Waals surface area contributed by atoms with Gasteiger partial charge in [-0.3, -0.25) is 0 Å². The molecule has 1 aromatic carbocycles. The van der Waals surface area contributed by atoms with Crippen molar-refractivity contribution in [2.24, 2.45) is 0 Å². The molecule has 0 fully saturated rings. The van der Waals surface area contributed by atoms with Gasteiger partial charge in [0.25, 0.3) is 0 Å². The fourth-order valence-electron chi connectivity index (χ4n) is 1.39. The van der Waals surface area contributed by atoms with Crippen molar-refractivity contribution in [2.75, 3.05) is 0 Å². The highest BCUT2D eigenvalue weighted by molar-refractivity contribution is 5.76. The van der Waals surface area contributed by atoms with E-state index in [0.717, 1.165) is 13.0 Å². The van der Waals surface area contributed by atoms with E-state index in [2.05, 4.69) is 0 Å². The number of aliphatic carboxylic acids is 1. The van der Waals surface area contributed by atoms with Crippen molar-refractivity contribution in [3.8, 4) is 0 Å². The molecule has 1 atom stereocenters. The SMILES string of the molecule is CC(O)(Cc1cc(F)cc(C(F)(F)F)c1)C(=O)O. The molecule has 1 unspecified atom stereocenters. The lowest BCUT2D eigenvalue weighted by Gasteiger charge is -2.18. The van der Waals surface area contributed by atoms with Crippen LogP contribution in [0.25, 0.3) is 0 Å². The van der Waals surface area contributed by atoms with Gasteiger partial charge in [-0.2, -0.15) is 13.2 Å². The summed E-state index contributed by atoms with van der Waals surface area (Å²) in [7, 11) is 0. The van der Waals surface area contributed by atoms with Crippen molar-refractivity contribution in [1.82, 2.24) is 0 Å². The van der Waals surface area contributed by atoms with Gasteiger partial charge in [0.05, 0.1) is 5.56 Å². The van der Waals surface area contributed by atoms with E-state index >= 15 is 0 Å². The summed E-state index contributed by atoms with van der Waals surface area (Å²) in [6.07, 6.45) is -5.35. The first kappa shape index (κ1) is 14.4. The monoisotopic (exact) mass is 266 g/mol. The van der Waals surface area contributed by atoms with E-state index in [4.69, 9.17) is 5.11 Å². The average Bonchev–Trinajstić information content (AvgIpc) is 2.13. The van der Waals surface area contributed by atoms with Crippen LogP contribution in [0.15, 0.2) is 18.2 Å². The Kier molecular flexibility index (Phi) is 3.66. The van der Waals surface area contributed by atoms with Gasteiger partial charge >= 0.3 is 12.1 Å². The molecule has 0 saturated carbocycles. The summed E-state index contributed by atoms with van der Waals surface area (Å²) in [6, 6.07) is 1.67. The Hall–Kier alpha value is -1.63. The molecule has 0 amide bonds. The first-order valence-electron chi connectivity index (χ1n) is 4.85.